The van der Waals surface area contributed by atoms with Crippen molar-refractivity contribution in [2.75, 3.05) is 13.1 Å². The topological polar surface area (TPSA) is 57.6 Å². The molecule has 2 fully saturated rings. The number of likely N-dealkylation sites (tertiary alicyclic amines) is 1. The molecule has 0 aromatic carbocycles. The number of carbonyl (C=O) groups is 2. The lowest BCUT2D eigenvalue weighted by molar-refractivity contribution is -0.147. The first-order chi connectivity index (χ1) is 8.16. The van der Waals surface area contributed by atoms with Gasteiger partial charge in [-0.05, 0) is 18.8 Å². The molecule has 17 heavy (non-hydrogen) atoms. The van der Waals surface area contributed by atoms with Gasteiger partial charge in [-0.15, -0.1) is 0 Å². The summed E-state index contributed by atoms with van der Waals surface area (Å²) in [7, 11) is 0. The van der Waals surface area contributed by atoms with E-state index in [1.54, 1.807) is 4.90 Å². The zero-order valence-corrected chi connectivity index (χ0v) is 10.2. The van der Waals surface area contributed by atoms with Crippen LogP contribution >= 0.6 is 0 Å². The van der Waals surface area contributed by atoms with Crippen LogP contribution in [0.3, 0.4) is 0 Å². The van der Waals surface area contributed by atoms with Crippen molar-refractivity contribution in [1.82, 2.24) is 4.90 Å². The lowest BCUT2D eigenvalue weighted by Crippen LogP contribution is -2.43. The van der Waals surface area contributed by atoms with Crippen molar-refractivity contribution in [1.29, 1.82) is 0 Å². The second-order valence-electron chi connectivity index (χ2n) is 5.35. The van der Waals surface area contributed by atoms with Crippen LogP contribution in [0.4, 0.5) is 0 Å². The summed E-state index contributed by atoms with van der Waals surface area (Å²) in [5.74, 6) is -0.215. The fourth-order valence-electron chi connectivity index (χ4n) is 2.97. The number of carbonyl (C=O) groups excluding carboxylic acids is 1. The molecule has 0 radical (unpaired) electrons. The van der Waals surface area contributed by atoms with Gasteiger partial charge in [-0.2, -0.15) is 0 Å². The minimum Gasteiger partial charge on any atom is -0.481 e. The van der Waals surface area contributed by atoms with E-state index in [0.717, 1.165) is 18.9 Å². The third-order valence-corrected chi connectivity index (χ3v) is 4.13. The second kappa shape index (κ2) is 5.52. The summed E-state index contributed by atoms with van der Waals surface area (Å²) in [5.41, 5.74) is 0. The highest BCUT2D eigenvalue weighted by molar-refractivity contribution is 5.80. The van der Waals surface area contributed by atoms with Crippen molar-refractivity contribution in [3.63, 3.8) is 0 Å². The smallest absolute Gasteiger partial charge is 0.308 e. The van der Waals surface area contributed by atoms with Crippen LogP contribution in [-0.2, 0) is 9.59 Å². The molecule has 1 atom stereocenters. The molecule has 1 aliphatic carbocycles. The molecule has 1 aliphatic heterocycles. The largest absolute Gasteiger partial charge is 0.481 e. The minimum absolute atomic E-state index is 0.139. The Balaban J connectivity index is 1.80. The fourth-order valence-corrected chi connectivity index (χ4v) is 2.97. The summed E-state index contributed by atoms with van der Waals surface area (Å²) in [6.45, 7) is 1.17. The van der Waals surface area contributed by atoms with Gasteiger partial charge in [0.1, 0.15) is 0 Å². The molecule has 4 nitrogen and oxygen atoms in total. The van der Waals surface area contributed by atoms with Gasteiger partial charge in [-0.1, -0.05) is 25.7 Å². The molecule has 0 aromatic rings. The molecule has 0 aromatic heterocycles. The molecule has 1 N–H and O–H groups in total. The van der Waals surface area contributed by atoms with Gasteiger partial charge in [0.05, 0.1) is 5.92 Å². The van der Waals surface area contributed by atoms with Gasteiger partial charge in [-0.3, -0.25) is 9.59 Å². The van der Waals surface area contributed by atoms with Crippen LogP contribution in [-0.4, -0.2) is 35.0 Å². The highest BCUT2D eigenvalue weighted by Gasteiger charge is 2.30. The van der Waals surface area contributed by atoms with E-state index in [4.69, 9.17) is 5.11 Å². The van der Waals surface area contributed by atoms with E-state index < -0.39 is 5.97 Å². The summed E-state index contributed by atoms with van der Waals surface area (Å²) in [6, 6.07) is 0. The van der Waals surface area contributed by atoms with Gasteiger partial charge in [0.2, 0.25) is 5.91 Å². The van der Waals surface area contributed by atoms with Crippen molar-refractivity contribution >= 4 is 11.9 Å². The van der Waals surface area contributed by atoms with Crippen LogP contribution in [0, 0.1) is 11.8 Å². The summed E-state index contributed by atoms with van der Waals surface area (Å²) < 4.78 is 0. The number of hydrogen-bond acceptors (Lipinski definition) is 2. The zero-order chi connectivity index (χ0) is 12.3. The third-order valence-electron chi connectivity index (χ3n) is 4.13. The maximum atomic E-state index is 11.7. The Labute approximate surface area is 102 Å². The number of carboxylic acid groups (broad SMARTS) is 1. The van der Waals surface area contributed by atoms with Gasteiger partial charge in [-0.25, -0.2) is 0 Å². The first kappa shape index (κ1) is 12.4. The van der Waals surface area contributed by atoms with Crippen LogP contribution in [0.25, 0.3) is 0 Å². The number of carboxylic acids is 1. The van der Waals surface area contributed by atoms with Crippen LogP contribution < -0.4 is 0 Å². The normalized spacial score (nSPS) is 26.5. The molecule has 2 rings (SSSR count). The average Bonchev–Trinajstić information content (AvgIpc) is 2.80. The van der Waals surface area contributed by atoms with E-state index in [-0.39, 0.29) is 11.8 Å². The SMILES string of the molecule is O=C(O)C1CCC(=O)N(CCC2CCCC2)C1. The molecule has 4 heteroatoms. The minimum atomic E-state index is -0.761. The third kappa shape index (κ3) is 3.20. The van der Waals surface area contributed by atoms with Crippen molar-refractivity contribution in [3.8, 4) is 0 Å². The Morgan fingerprint density at radius 1 is 1.29 bits per heavy atom. The average molecular weight is 239 g/mol. The van der Waals surface area contributed by atoms with Crippen molar-refractivity contribution in [2.45, 2.75) is 44.9 Å². The van der Waals surface area contributed by atoms with Crippen molar-refractivity contribution in [2.24, 2.45) is 11.8 Å². The van der Waals surface area contributed by atoms with Crippen molar-refractivity contribution < 1.29 is 14.7 Å². The van der Waals surface area contributed by atoms with Crippen LogP contribution in [0.15, 0.2) is 0 Å². The van der Waals surface area contributed by atoms with Gasteiger partial charge in [0.25, 0.3) is 0 Å². The molecule has 96 valence electrons. The Bertz CT molecular complexity index is 297. The number of amides is 1. The van der Waals surface area contributed by atoms with E-state index in [2.05, 4.69) is 0 Å². The molecular formula is C13H21NO3. The predicted molar refractivity (Wildman–Crippen MR) is 63.5 cm³/mol. The maximum Gasteiger partial charge on any atom is 0.308 e. The first-order valence-electron chi connectivity index (χ1n) is 6.67. The van der Waals surface area contributed by atoms with E-state index in [0.29, 0.717) is 19.4 Å². The Morgan fingerprint density at radius 3 is 2.65 bits per heavy atom. The molecule has 1 amide bonds. The zero-order valence-electron chi connectivity index (χ0n) is 10.2. The highest BCUT2D eigenvalue weighted by atomic mass is 16.4. The standard InChI is InChI=1S/C13H21NO3/c15-12-6-5-11(13(16)17)9-14(12)8-7-10-3-1-2-4-10/h10-11H,1-9H2,(H,16,17). The molecular weight excluding hydrogens is 218 g/mol. The first-order valence-corrected chi connectivity index (χ1v) is 6.67. The second-order valence-corrected chi connectivity index (χ2v) is 5.35. The van der Waals surface area contributed by atoms with Crippen LogP contribution in [0.1, 0.15) is 44.9 Å². The van der Waals surface area contributed by atoms with Gasteiger partial charge in [0, 0.05) is 19.5 Å². The molecule has 0 spiro atoms. The Hall–Kier alpha value is -1.06. The van der Waals surface area contributed by atoms with Gasteiger partial charge < -0.3 is 10.0 Å². The summed E-state index contributed by atoms with van der Waals surface area (Å²) >= 11 is 0. The molecule has 1 unspecified atom stereocenters. The van der Waals surface area contributed by atoms with E-state index in [9.17, 15) is 9.59 Å². The Kier molecular flexibility index (Phi) is 4.02. The summed E-state index contributed by atoms with van der Waals surface area (Å²) in [6.07, 6.45) is 7.16. The number of rotatable bonds is 4. The van der Waals surface area contributed by atoms with E-state index in [1.165, 1.54) is 25.7 Å². The predicted octanol–water partition coefficient (Wildman–Crippen LogP) is 1.89. The van der Waals surface area contributed by atoms with E-state index in [1.807, 2.05) is 0 Å². The molecule has 0 bridgehead atoms. The number of piperidine rings is 1. The van der Waals surface area contributed by atoms with E-state index >= 15 is 0 Å². The lowest BCUT2D eigenvalue weighted by Gasteiger charge is -2.31. The fraction of sp³-hybridized carbons (Fsp3) is 0.846. The lowest BCUT2D eigenvalue weighted by atomic mass is 9.96. The van der Waals surface area contributed by atoms with Gasteiger partial charge >= 0.3 is 5.97 Å². The quantitative estimate of drug-likeness (QED) is 0.815. The molecule has 1 saturated carbocycles. The molecule has 1 heterocycles. The number of aliphatic carboxylic acids is 1. The highest BCUT2D eigenvalue weighted by Crippen LogP contribution is 2.28. The van der Waals surface area contributed by atoms with Crippen LogP contribution in [0.2, 0.25) is 0 Å². The monoisotopic (exact) mass is 239 g/mol. The Morgan fingerprint density at radius 2 is 2.00 bits per heavy atom. The maximum absolute atomic E-state index is 11.7. The molecule has 1 saturated heterocycles. The molecule has 2 aliphatic rings. The number of nitrogens with zero attached hydrogens (tertiary/aromatic N) is 1. The number of hydrogen-bond donors (Lipinski definition) is 1. The van der Waals surface area contributed by atoms with Crippen molar-refractivity contribution in [3.05, 3.63) is 0 Å². The van der Waals surface area contributed by atoms with Crippen LogP contribution in [0.5, 0.6) is 0 Å². The summed E-state index contributed by atoms with van der Waals surface area (Å²) in [5, 5.41) is 8.98. The van der Waals surface area contributed by atoms with Gasteiger partial charge in [0.15, 0.2) is 0 Å². The summed E-state index contributed by atoms with van der Waals surface area (Å²) in [4.78, 5) is 24.4.